The molecule has 2 heterocycles. The number of halogens is 2. The van der Waals surface area contributed by atoms with Crippen molar-refractivity contribution < 1.29 is 0 Å². The molecular weight excluding hydrogens is 390 g/mol. The lowest BCUT2D eigenvalue weighted by Crippen LogP contribution is -1.79. The summed E-state index contributed by atoms with van der Waals surface area (Å²) >= 11 is 7.26. The van der Waals surface area contributed by atoms with E-state index in [0.29, 0.717) is 0 Å². The van der Waals surface area contributed by atoms with Crippen molar-refractivity contribution in [2.24, 2.45) is 0 Å². The molecule has 0 saturated heterocycles. The molecule has 0 saturated carbocycles. The molecule has 2 aromatic heterocycles. The number of benzene rings is 3. The van der Waals surface area contributed by atoms with Crippen LogP contribution in [0.4, 0.5) is 0 Å². The molecular formula is C18H9Br2N. The van der Waals surface area contributed by atoms with Crippen LogP contribution in [0.25, 0.3) is 38.1 Å². The fourth-order valence-corrected chi connectivity index (χ4v) is 4.26. The van der Waals surface area contributed by atoms with Crippen LogP contribution in [0.5, 0.6) is 0 Å². The monoisotopic (exact) mass is 397 g/mol. The van der Waals surface area contributed by atoms with Crippen LogP contribution in [-0.4, -0.2) is 4.40 Å². The van der Waals surface area contributed by atoms with Crippen molar-refractivity contribution >= 4 is 70.0 Å². The van der Waals surface area contributed by atoms with Gasteiger partial charge in [0.1, 0.15) is 0 Å². The van der Waals surface area contributed by atoms with Crippen LogP contribution in [0, 0.1) is 0 Å². The molecule has 0 aliphatic carbocycles. The van der Waals surface area contributed by atoms with Gasteiger partial charge in [-0.25, -0.2) is 0 Å². The Morgan fingerprint density at radius 3 is 2.14 bits per heavy atom. The van der Waals surface area contributed by atoms with Crippen molar-refractivity contribution in [1.82, 2.24) is 4.40 Å². The highest BCUT2D eigenvalue weighted by Gasteiger charge is 2.17. The number of fused-ring (bicyclic) bond motifs is 6. The van der Waals surface area contributed by atoms with E-state index in [0.717, 1.165) is 8.95 Å². The van der Waals surface area contributed by atoms with Crippen LogP contribution in [0.15, 0.2) is 63.5 Å². The maximum absolute atomic E-state index is 3.67. The fourth-order valence-electron chi connectivity index (χ4n) is 3.44. The summed E-state index contributed by atoms with van der Waals surface area (Å²) in [6.45, 7) is 0. The van der Waals surface area contributed by atoms with E-state index in [1.807, 2.05) is 0 Å². The van der Waals surface area contributed by atoms with E-state index in [1.54, 1.807) is 0 Å². The normalized spacial score (nSPS) is 12.3. The van der Waals surface area contributed by atoms with Crippen LogP contribution in [0.2, 0.25) is 0 Å². The first kappa shape index (κ1) is 12.0. The largest absolute Gasteiger partial charge is 0.308 e. The van der Waals surface area contributed by atoms with E-state index in [4.69, 9.17) is 0 Å². The zero-order valence-electron chi connectivity index (χ0n) is 10.9. The highest BCUT2D eigenvalue weighted by molar-refractivity contribution is 9.10. The summed E-state index contributed by atoms with van der Waals surface area (Å²) in [6, 6.07) is 19.6. The minimum atomic E-state index is 1.12. The Balaban J connectivity index is 2.26. The fraction of sp³-hybridized carbons (Fsp3) is 0. The van der Waals surface area contributed by atoms with E-state index >= 15 is 0 Å². The van der Waals surface area contributed by atoms with Crippen LogP contribution < -0.4 is 0 Å². The van der Waals surface area contributed by atoms with Crippen LogP contribution in [0.3, 0.4) is 0 Å². The van der Waals surface area contributed by atoms with Crippen LogP contribution >= 0.6 is 31.9 Å². The standard InChI is InChI=1S/C18H9Br2N/c19-10-5-6-17-13(7-10)15-9-11(20)8-14-12-3-1-2-4-16(12)21(17)18(14)15/h1-9H. The van der Waals surface area contributed by atoms with E-state index < -0.39 is 0 Å². The number of nitrogens with zero attached hydrogens (tertiary/aromatic N) is 1. The summed E-state index contributed by atoms with van der Waals surface area (Å²) in [7, 11) is 0. The third-order valence-electron chi connectivity index (χ3n) is 4.22. The zero-order chi connectivity index (χ0) is 14.1. The molecule has 3 aromatic carbocycles. The minimum Gasteiger partial charge on any atom is -0.308 e. The van der Waals surface area contributed by atoms with Gasteiger partial charge in [0, 0.05) is 30.5 Å². The summed E-state index contributed by atoms with van der Waals surface area (Å²) in [6.07, 6.45) is 0. The third-order valence-corrected chi connectivity index (χ3v) is 5.17. The summed E-state index contributed by atoms with van der Waals surface area (Å²) < 4.78 is 4.62. The van der Waals surface area contributed by atoms with E-state index in [1.165, 1.54) is 38.1 Å². The summed E-state index contributed by atoms with van der Waals surface area (Å²) in [5.41, 5.74) is 3.85. The van der Waals surface area contributed by atoms with Gasteiger partial charge in [0.15, 0.2) is 0 Å². The van der Waals surface area contributed by atoms with Gasteiger partial charge >= 0.3 is 0 Å². The van der Waals surface area contributed by atoms with Crippen molar-refractivity contribution in [1.29, 1.82) is 0 Å². The molecule has 5 rings (SSSR count). The first-order valence-electron chi connectivity index (χ1n) is 6.77. The van der Waals surface area contributed by atoms with Gasteiger partial charge in [-0.1, -0.05) is 50.1 Å². The average Bonchev–Trinajstić information content (AvgIpc) is 2.97. The quantitative estimate of drug-likeness (QED) is 0.285. The van der Waals surface area contributed by atoms with Gasteiger partial charge in [0.05, 0.1) is 16.6 Å². The Hall–Kier alpha value is -1.58. The minimum absolute atomic E-state index is 1.12. The van der Waals surface area contributed by atoms with Gasteiger partial charge in [-0.15, -0.1) is 0 Å². The molecule has 0 atom stereocenters. The maximum Gasteiger partial charge on any atom is 0.0621 e. The highest BCUT2D eigenvalue weighted by Crippen LogP contribution is 2.41. The smallest absolute Gasteiger partial charge is 0.0621 e. The van der Waals surface area contributed by atoms with Gasteiger partial charge in [0.2, 0.25) is 0 Å². The average molecular weight is 399 g/mol. The number of rotatable bonds is 0. The predicted molar refractivity (Wildman–Crippen MR) is 96.5 cm³/mol. The molecule has 0 radical (unpaired) electrons. The lowest BCUT2D eigenvalue weighted by atomic mass is 10.1. The molecule has 21 heavy (non-hydrogen) atoms. The number of hydrogen-bond acceptors (Lipinski definition) is 0. The third kappa shape index (κ3) is 1.46. The molecule has 5 aromatic rings. The van der Waals surface area contributed by atoms with E-state index in [2.05, 4.69) is 90.9 Å². The van der Waals surface area contributed by atoms with Gasteiger partial charge in [-0.05, 0) is 36.4 Å². The molecule has 1 nitrogen and oxygen atoms in total. The maximum atomic E-state index is 3.67. The van der Waals surface area contributed by atoms with Crippen molar-refractivity contribution in [3.8, 4) is 0 Å². The Labute approximate surface area is 137 Å². The molecule has 0 unspecified atom stereocenters. The molecule has 0 fully saturated rings. The van der Waals surface area contributed by atoms with Gasteiger partial charge in [-0.2, -0.15) is 0 Å². The lowest BCUT2D eigenvalue weighted by molar-refractivity contribution is 1.37. The van der Waals surface area contributed by atoms with Gasteiger partial charge < -0.3 is 4.40 Å². The Morgan fingerprint density at radius 1 is 0.619 bits per heavy atom. The van der Waals surface area contributed by atoms with E-state index in [9.17, 15) is 0 Å². The van der Waals surface area contributed by atoms with Crippen molar-refractivity contribution in [3.05, 3.63) is 63.5 Å². The number of aromatic nitrogens is 1. The highest BCUT2D eigenvalue weighted by atomic mass is 79.9. The number of para-hydroxylation sites is 1. The van der Waals surface area contributed by atoms with Gasteiger partial charge in [0.25, 0.3) is 0 Å². The van der Waals surface area contributed by atoms with Crippen LogP contribution in [-0.2, 0) is 0 Å². The molecule has 3 heteroatoms. The summed E-state index contributed by atoms with van der Waals surface area (Å²) in [5.74, 6) is 0. The van der Waals surface area contributed by atoms with Crippen molar-refractivity contribution in [2.75, 3.05) is 0 Å². The molecule has 0 N–H and O–H groups in total. The molecule has 0 bridgehead atoms. The summed E-state index contributed by atoms with van der Waals surface area (Å²) in [5, 5.41) is 5.20. The predicted octanol–water partition coefficient (Wildman–Crippen LogP) is 6.36. The SMILES string of the molecule is Brc1ccc2c(c1)c1cc(Br)cc3c4ccccc4n2c31. The second kappa shape index (κ2) is 3.99. The molecule has 0 aliphatic heterocycles. The Bertz CT molecular complexity index is 1150. The lowest BCUT2D eigenvalue weighted by Gasteiger charge is -1.98. The van der Waals surface area contributed by atoms with Crippen LogP contribution in [0.1, 0.15) is 0 Å². The first-order valence-corrected chi connectivity index (χ1v) is 8.35. The zero-order valence-corrected chi connectivity index (χ0v) is 14.1. The topological polar surface area (TPSA) is 4.41 Å². The summed E-state index contributed by atoms with van der Waals surface area (Å²) in [4.78, 5) is 0. The first-order chi connectivity index (χ1) is 10.2. The van der Waals surface area contributed by atoms with Gasteiger partial charge in [-0.3, -0.25) is 0 Å². The molecule has 0 spiro atoms. The van der Waals surface area contributed by atoms with Crippen molar-refractivity contribution in [3.63, 3.8) is 0 Å². The molecule has 0 aliphatic rings. The second-order valence-corrected chi connectivity index (χ2v) is 7.19. The molecule has 100 valence electrons. The number of hydrogen-bond donors (Lipinski definition) is 0. The Morgan fingerprint density at radius 2 is 1.29 bits per heavy atom. The second-order valence-electron chi connectivity index (χ2n) is 5.36. The van der Waals surface area contributed by atoms with Crippen molar-refractivity contribution in [2.45, 2.75) is 0 Å². The molecule has 0 amide bonds. The van der Waals surface area contributed by atoms with E-state index in [-0.39, 0.29) is 0 Å². The Kier molecular flexibility index (Phi) is 2.28.